The fraction of sp³-hybridized carbons (Fsp3) is 0.500. The topological polar surface area (TPSA) is 59.3 Å². The van der Waals surface area contributed by atoms with Gasteiger partial charge in [-0.15, -0.1) is 0 Å². The van der Waals surface area contributed by atoms with Crippen molar-refractivity contribution in [1.29, 1.82) is 5.26 Å². The van der Waals surface area contributed by atoms with Crippen molar-refractivity contribution in [3.63, 3.8) is 0 Å². The van der Waals surface area contributed by atoms with E-state index >= 15 is 0 Å². The fourth-order valence-corrected chi connectivity index (χ4v) is 2.20. The fourth-order valence-electron chi connectivity index (χ4n) is 1.84. The lowest BCUT2D eigenvalue weighted by Crippen LogP contribution is -2.36. The van der Waals surface area contributed by atoms with Gasteiger partial charge in [0.1, 0.15) is 6.07 Å². The van der Waals surface area contributed by atoms with Crippen LogP contribution >= 0.6 is 15.9 Å². The first kappa shape index (κ1) is 16.0. The Bertz CT molecular complexity index is 441. The van der Waals surface area contributed by atoms with Gasteiger partial charge >= 0.3 is 0 Å². The molecule has 4 nitrogen and oxygen atoms in total. The van der Waals surface area contributed by atoms with E-state index in [-0.39, 0.29) is 0 Å². The second kappa shape index (κ2) is 8.16. The van der Waals surface area contributed by atoms with Gasteiger partial charge in [-0.2, -0.15) is 5.26 Å². The van der Waals surface area contributed by atoms with Gasteiger partial charge in [0.05, 0.1) is 17.4 Å². The zero-order valence-electron chi connectivity index (χ0n) is 11.4. The molecule has 1 aromatic carbocycles. The SMILES string of the molecule is CCN(CC)CC(O)CNc1ccc(Br)cc1C#N. The number of hydrogen-bond acceptors (Lipinski definition) is 4. The minimum atomic E-state index is -0.449. The van der Waals surface area contributed by atoms with Crippen molar-refractivity contribution in [3.8, 4) is 6.07 Å². The lowest BCUT2D eigenvalue weighted by molar-refractivity contribution is 0.128. The van der Waals surface area contributed by atoms with E-state index in [4.69, 9.17) is 5.26 Å². The molecule has 1 aromatic rings. The van der Waals surface area contributed by atoms with Crippen molar-refractivity contribution in [3.05, 3.63) is 28.2 Å². The van der Waals surface area contributed by atoms with E-state index in [0.29, 0.717) is 18.7 Å². The predicted octanol–water partition coefficient (Wildman–Crippen LogP) is 2.44. The number of hydrogen-bond donors (Lipinski definition) is 2. The van der Waals surface area contributed by atoms with Gasteiger partial charge in [0.2, 0.25) is 0 Å². The van der Waals surface area contributed by atoms with Gasteiger partial charge in [-0.1, -0.05) is 29.8 Å². The van der Waals surface area contributed by atoms with E-state index in [1.807, 2.05) is 12.1 Å². The molecule has 19 heavy (non-hydrogen) atoms. The second-order valence-corrected chi connectivity index (χ2v) is 5.24. The number of nitrogens with zero attached hydrogens (tertiary/aromatic N) is 2. The molecule has 5 heteroatoms. The Labute approximate surface area is 123 Å². The Hall–Kier alpha value is -1.09. The molecule has 0 aromatic heterocycles. The number of nitrogens with one attached hydrogen (secondary N) is 1. The second-order valence-electron chi connectivity index (χ2n) is 4.32. The Kier molecular flexibility index (Phi) is 6.85. The van der Waals surface area contributed by atoms with Crippen molar-refractivity contribution in [1.82, 2.24) is 4.90 Å². The third kappa shape index (κ3) is 5.19. The lowest BCUT2D eigenvalue weighted by atomic mass is 10.2. The molecular weight excluding hydrogens is 306 g/mol. The number of aliphatic hydroxyl groups is 1. The Morgan fingerprint density at radius 1 is 1.42 bits per heavy atom. The van der Waals surface area contributed by atoms with Gasteiger partial charge in [0.15, 0.2) is 0 Å². The van der Waals surface area contributed by atoms with Crippen LogP contribution in [0.15, 0.2) is 22.7 Å². The number of halogens is 1. The van der Waals surface area contributed by atoms with Crippen LogP contribution in [0.3, 0.4) is 0 Å². The number of aliphatic hydroxyl groups excluding tert-OH is 1. The van der Waals surface area contributed by atoms with Crippen LogP contribution in [0.4, 0.5) is 5.69 Å². The average molecular weight is 326 g/mol. The van der Waals surface area contributed by atoms with Crippen LogP contribution in [-0.4, -0.2) is 42.3 Å². The van der Waals surface area contributed by atoms with Crippen LogP contribution in [0.2, 0.25) is 0 Å². The molecule has 0 amide bonds. The molecule has 1 rings (SSSR count). The van der Waals surface area contributed by atoms with Crippen LogP contribution in [0.1, 0.15) is 19.4 Å². The highest BCUT2D eigenvalue weighted by atomic mass is 79.9. The summed E-state index contributed by atoms with van der Waals surface area (Å²) in [6, 6.07) is 7.62. The van der Waals surface area contributed by atoms with Crippen molar-refractivity contribution < 1.29 is 5.11 Å². The van der Waals surface area contributed by atoms with E-state index in [1.54, 1.807) is 6.07 Å². The summed E-state index contributed by atoms with van der Waals surface area (Å²) in [5, 5.41) is 22.1. The van der Waals surface area contributed by atoms with Gasteiger partial charge in [0.25, 0.3) is 0 Å². The molecule has 0 spiro atoms. The molecule has 0 bridgehead atoms. The van der Waals surface area contributed by atoms with E-state index in [1.165, 1.54) is 0 Å². The minimum absolute atomic E-state index is 0.437. The third-order valence-corrected chi connectivity index (χ3v) is 3.49. The average Bonchev–Trinajstić information content (AvgIpc) is 2.43. The standard InChI is InChI=1S/C14H20BrN3O/c1-3-18(4-2)10-13(19)9-17-14-6-5-12(15)7-11(14)8-16/h5-7,13,17,19H,3-4,9-10H2,1-2H3. The van der Waals surface area contributed by atoms with Crippen LogP contribution in [0.25, 0.3) is 0 Å². The highest BCUT2D eigenvalue weighted by molar-refractivity contribution is 9.10. The maximum Gasteiger partial charge on any atom is 0.101 e. The largest absolute Gasteiger partial charge is 0.390 e. The van der Waals surface area contributed by atoms with E-state index in [2.05, 4.69) is 46.1 Å². The van der Waals surface area contributed by atoms with E-state index in [9.17, 15) is 5.11 Å². The van der Waals surface area contributed by atoms with E-state index < -0.39 is 6.10 Å². The molecule has 0 aliphatic heterocycles. The maximum atomic E-state index is 9.96. The first-order valence-electron chi connectivity index (χ1n) is 6.44. The van der Waals surface area contributed by atoms with Gasteiger partial charge in [-0.3, -0.25) is 0 Å². The smallest absolute Gasteiger partial charge is 0.101 e. The Morgan fingerprint density at radius 2 is 2.11 bits per heavy atom. The summed E-state index contributed by atoms with van der Waals surface area (Å²) in [5.41, 5.74) is 1.33. The number of rotatable bonds is 7. The number of benzene rings is 1. The molecule has 104 valence electrons. The van der Waals surface area contributed by atoms with Crippen LogP contribution in [-0.2, 0) is 0 Å². The molecule has 1 unspecified atom stereocenters. The number of nitriles is 1. The summed E-state index contributed by atoms with van der Waals surface area (Å²) in [4.78, 5) is 2.17. The lowest BCUT2D eigenvalue weighted by Gasteiger charge is -2.22. The van der Waals surface area contributed by atoms with Crippen LogP contribution < -0.4 is 5.32 Å². The zero-order chi connectivity index (χ0) is 14.3. The summed E-state index contributed by atoms with van der Waals surface area (Å²) >= 11 is 3.33. The third-order valence-electron chi connectivity index (χ3n) is 2.99. The normalized spacial score (nSPS) is 12.2. The first-order chi connectivity index (χ1) is 9.10. The van der Waals surface area contributed by atoms with Gasteiger partial charge in [-0.05, 0) is 31.3 Å². The molecule has 0 fully saturated rings. The molecule has 2 N–H and O–H groups in total. The maximum absolute atomic E-state index is 9.96. The summed E-state index contributed by atoms with van der Waals surface area (Å²) in [6.45, 7) is 7.08. The van der Waals surface area contributed by atoms with Gasteiger partial charge < -0.3 is 15.3 Å². The molecule has 0 aliphatic rings. The number of likely N-dealkylation sites (N-methyl/N-ethyl adjacent to an activating group) is 1. The predicted molar refractivity (Wildman–Crippen MR) is 81.1 cm³/mol. The van der Waals surface area contributed by atoms with Gasteiger partial charge in [0, 0.05) is 17.6 Å². The summed E-state index contributed by atoms with van der Waals surface area (Å²) in [5.74, 6) is 0. The highest BCUT2D eigenvalue weighted by Crippen LogP contribution is 2.20. The summed E-state index contributed by atoms with van der Waals surface area (Å²) in [7, 11) is 0. The monoisotopic (exact) mass is 325 g/mol. The van der Waals surface area contributed by atoms with Crippen LogP contribution in [0.5, 0.6) is 0 Å². The van der Waals surface area contributed by atoms with Crippen LogP contribution in [0, 0.1) is 11.3 Å². The molecule has 1 atom stereocenters. The van der Waals surface area contributed by atoms with Crippen molar-refractivity contribution >= 4 is 21.6 Å². The molecule has 0 aliphatic carbocycles. The van der Waals surface area contributed by atoms with E-state index in [0.717, 1.165) is 23.2 Å². The quantitative estimate of drug-likeness (QED) is 0.808. The Morgan fingerprint density at radius 3 is 2.68 bits per heavy atom. The molecule has 0 saturated heterocycles. The van der Waals surface area contributed by atoms with Crippen molar-refractivity contribution in [2.45, 2.75) is 20.0 Å². The molecular formula is C14H20BrN3O. The summed E-state index contributed by atoms with van der Waals surface area (Å²) < 4.78 is 0.873. The zero-order valence-corrected chi connectivity index (χ0v) is 12.9. The Balaban J connectivity index is 2.55. The van der Waals surface area contributed by atoms with Crippen molar-refractivity contribution in [2.75, 3.05) is 31.5 Å². The highest BCUT2D eigenvalue weighted by Gasteiger charge is 2.10. The molecule has 0 saturated carbocycles. The molecule has 0 heterocycles. The minimum Gasteiger partial charge on any atom is -0.390 e. The summed E-state index contributed by atoms with van der Waals surface area (Å²) in [6.07, 6.45) is -0.449. The molecule has 0 radical (unpaired) electrons. The van der Waals surface area contributed by atoms with Crippen molar-refractivity contribution in [2.24, 2.45) is 0 Å². The first-order valence-corrected chi connectivity index (χ1v) is 7.23. The van der Waals surface area contributed by atoms with Gasteiger partial charge in [-0.25, -0.2) is 0 Å². The number of anilines is 1.